The van der Waals surface area contributed by atoms with Crippen molar-refractivity contribution in [3.8, 4) is 0 Å². The summed E-state index contributed by atoms with van der Waals surface area (Å²) in [6.07, 6.45) is 0. The number of hydrogen-bond acceptors (Lipinski definition) is 5. The summed E-state index contributed by atoms with van der Waals surface area (Å²) in [5.74, 6) is 4.35. The van der Waals surface area contributed by atoms with Gasteiger partial charge in [-0.2, -0.15) is 5.90 Å². The number of nitrogens with two attached hydrogens (primary N) is 1. The Morgan fingerprint density at radius 2 is 2.43 bits per heavy atom. The van der Waals surface area contributed by atoms with Gasteiger partial charge in [-0.15, -0.1) is 5.39 Å². The zero-order valence-electron chi connectivity index (χ0n) is 3.96. The highest BCUT2D eigenvalue weighted by molar-refractivity contribution is 4.13. The van der Waals surface area contributed by atoms with Crippen molar-refractivity contribution < 1.29 is 9.78 Å². The lowest BCUT2D eigenvalue weighted by Crippen LogP contribution is -2.20. The minimum absolute atomic E-state index is 0.167. The molecule has 7 heavy (non-hydrogen) atoms. The summed E-state index contributed by atoms with van der Waals surface area (Å²) >= 11 is 0. The molecule has 5 nitrogen and oxygen atoms in total. The SMILES string of the molecule is CCON([O-])ON. The van der Waals surface area contributed by atoms with E-state index >= 15 is 0 Å². The Hall–Kier alpha value is -0.200. The quantitative estimate of drug-likeness (QED) is 0.494. The van der Waals surface area contributed by atoms with Crippen molar-refractivity contribution in [2.24, 2.45) is 5.90 Å². The van der Waals surface area contributed by atoms with Gasteiger partial charge in [-0.25, -0.2) is 4.94 Å². The number of nitrogens with zero attached hydrogens (tertiary/aromatic N) is 1. The van der Waals surface area contributed by atoms with E-state index < -0.39 is 0 Å². The second kappa shape index (κ2) is 3.97. The molecule has 0 saturated heterocycles. The molecule has 0 aliphatic rings. The summed E-state index contributed by atoms with van der Waals surface area (Å²) in [4.78, 5) is 7.67. The Morgan fingerprint density at radius 1 is 1.86 bits per heavy atom. The summed E-state index contributed by atoms with van der Waals surface area (Å²) in [6, 6.07) is 0. The molecule has 0 heterocycles. The van der Waals surface area contributed by atoms with E-state index in [1.165, 1.54) is 0 Å². The number of hydrogen-bond donors (Lipinski definition) is 1. The van der Waals surface area contributed by atoms with E-state index in [1.807, 2.05) is 0 Å². The van der Waals surface area contributed by atoms with Gasteiger partial charge in [0, 0.05) is 0 Å². The lowest BCUT2D eigenvalue weighted by molar-refractivity contribution is -0.337. The summed E-state index contributed by atoms with van der Waals surface area (Å²) in [6.45, 7) is 1.89. The Balaban J connectivity index is 2.83. The predicted octanol–water partition coefficient (Wildman–Crippen LogP) is -0.457. The maximum atomic E-state index is 9.76. The third kappa shape index (κ3) is 3.64. The molecule has 0 unspecified atom stereocenters. The molecule has 0 aromatic heterocycles. The van der Waals surface area contributed by atoms with Gasteiger partial charge < -0.3 is 5.21 Å². The molecule has 44 valence electrons. The Morgan fingerprint density at radius 3 is 2.57 bits per heavy atom. The van der Waals surface area contributed by atoms with E-state index in [1.54, 1.807) is 6.92 Å². The number of rotatable bonds is 3. The first kappa shape index (κ1) is 6.80. The highest BCUT2D eigenvalue weighted by Gasteiger charge is 1.79. The van der Waals surface area contributed by atoms with Crippen LogP contribution in [-0.4, -0.2) is 12.0 Å². The van der Waals surface area contributed by atoms with Gasteiger partial charge in [-0.1, -0.05) is 0 Å². The molecule has 0 spiro atoms. The standard InChI is InChI=1S/C2H7N2O3/c1-2-6-4(5)7-3/h2-3H2,1H3/q-1. The van der Waals surface area contributed by atoms with Gasteiger partial charge in [0.15, 0.2) is 0 Å². The molecule has 0 bridgehead atoms. The van der Waals surface area contributed by atoms with Gasteiger partial charge in [-0.05, 0) is 6.92 Å². The Kier molecular flexibility index (Phi) is 3.86. The lowest BCUT2D eigenvalue weighted by Gasteiger charge is -2.20. The molecule has 0 atom stereocenters. The second-order valence-corrected chi connectivity index (χ2v) is 0.747. The maximum Gasteiger partial charge on any atom is 0.0672 e. The van der Waals surface area contributed by atoms with Gasteiger partial charge >= 0.3 is 0 Å². The zero-order valence-corrected chi connectivity index (χ0v) is 3.96. The van der Waals surface area contributed by atoms with Crippen LogP contribution in [-0.2, 0) is 9.78 Å². The molecule has 0 aromatic carbocycles. The van der Waals surface area contributed by atoms with Gasteiger partial charge in [0.1, 0.15) is 0 Å². The van der Waals surface area contributed by atoms with E-state index in [9.17, 15) is 5.21 Å². The van der Waals surface area contributed by atoms with E-state index in [4.69, 9.17) is 0 Å². The largest absolute Gasteiger partial charge is 0.736 e. The molecule has 0 fully saturated rings. The molecular formula is C2H7N2O3-. The third-order valence-corrected chi connectivity index (χ3v) is 0.321. The van der Waals surface area contributed by atoms with Crippen LogP contribution in [0, 0.1) is 5.21 Å². The topological polar surface area (TPSA) is 70.8 Å². The minimum atomic E-state index is -0.167. The smallest absolute Gasteiger partial charge is 0.0672 e. The third-order valence-electron chi connectivity index (χ3n) is 0.321. The monoisotopic (exact) mass is 107 g/mol. The van der Waals surface area contributed by atoms with Crippen LogP contribution in [0.1, 0.15) is 6.92 Å². The van der Waals surface area contributed by atoms with Crippen LogP contribution in [0.3, 0.4) is 0 Å². The average molecular weight is 107 g/mol. The predicted molar refractivity (Wildman–Crippen MR) is 22.1 cm³/mol. The van der Waals surface area contributed by atoms with E-state index in [0.29, 0.717) is 0 Å². The van der Waals surface area contributed by atoms with Crippen molar-refractivity contribution in [2.75, 3.05) is 6.61 Å². The molecule has 0 radical (unpaired) electrons. The molecular weight excluding hydrogens is 100 g/mol. The fourth-order valence-electron chi connectivity index (χ4n) is 0.136. The second-order valence-electron chi connectivity index (χ2n) is 0.747. The Labute approximate surface area is 41.0 Å². The molecule has 5 heteroatoms. The van der Waals surface area contributed by atoms with Gasteiger partial charge in [0.25, 0.3) is 0 Å². The van der Waals surface area contributed by atoms with Crippen LogP contribution < -0.4 is 5.90 Å². The highest BCUT2D eigenvalue weighted by atomic mass is 17.1. The fraction of sp³-hybridized carbons (Fsp3) is 1.00. The molecule has 0 aliphatic heterocycles. The fourth-order valence-corrected chi connectivity index (χ4v) is 0.136. The summed E-state index contributed by atoms with van der Waals surface area (Å²) in [5.41, 5.74) is 0. The van der Waals surface area contributed by atoms with Crippen LogP contribution in [0.5, 0.6) is 0 Å². The lowest BCUT2D eigenvalue weighted by atomic mass is 10.9. The molecule has 0 rings (SSSR count). The van der Waals surface area contributed by atoms with E-state index in [0.717, 1.165) is 0 Å². The zero-order chi connectivity index (χ0) is 5.70. The van der Waals surface area contributed by atoms with Gasteiger partial charge in [-0.3, -0.25) is 4.84 Å². The van der Waals surface area contributed by atoms with Crippen LogP contribution in [0.2, 0.25) is 0 Å². The summed E-state index contributed by atoms with van der Waals surface area (Å²) in [5, 5.41) is 9.59. The molecule has 2 N–H and O–H groups in total. The van der Waals surface area contributed by atoms with Crippen molar-refractivity contribution in [3.05, 3.63) is 5.21 Å². The molecule has 0 aliphatic carbocycles. The van der Waals surface area contributed by atoms with Crippen LogP contribution in [0.4, 0.5) is 0 Å². The van der Waals surface area contributed by atoms with Crippen LogP contribution >= 0.6 is 0 Å². The van der Waals surface area contributed by atoms with Crippen molar-refractivity contribution >= 4 is 0 Å². The van der Waals surface area contributed by atoms with Crippen molar-refractivity contribution in [1.82, 2.24) is 5.39 Å². The van der Waals surface area contributed by atoms with E-state index in [2.05, 4.69) is 15.7 Å². The van der Waals surface area contributed by atoms with Crippen molar-refractivity contribution in [3.63, 3.8) is 0 Å². The van der Waals surface area contributed by atoms with E-state index in [-0.39, 0.29) is 12.0 Å². The van der Waals surface area contributed by atoms with Crippen LogP contribution in [0.15, 0.2) is 0 Å². The first-order valence-corrected chi connectivity index (χ1v) is 1.78. The first-order valence-electron chi connectivity index (χ1n) is 1.78. The average Bonchev–Trinajstić information content (AvgIpc) is 1.68. The molecule has 0 saturated carbocycles. The van der Waals surface area contributed by atoms with Gasteiger partial charge in [0.05, 0.1) is 6.61 Å². The normalized spacial score (nSPS) is 10.3. The van der Waals surface area contributed by atoms with Gasteiger partial charge in [0.2, 0.25) is 0 Å². The van der Waals surface area contributed by atoms with Crippen LogP contribution in [0.25, 0.3) is 0 Å². The summed E-state index contributed by atoms with van der Waals surface area (Å²) in [7, 11) is 0. The van der Waals surface area contributed by atoms with Crippen molar-refractivity contribution in [2.45, 2.75) is 6.92 Å². The highest BCUT2D eigenvalue weighted by Crippen LogP contribution is 1.79. The van der Waals surface area contributed by atoms with Crippen molar-refractivity contribution in [1.29, 1.82) is 0 Å². The summed E-state index contributed by atoms with van der Waals surface area (Å²) < 4.78 is 0. The molecule has 0 aromatic rings. The minimum Gasteiger partial charge on any atom is -0.736 e. The Bertz CT molecular complexity index is 41.9. The first-order chi connectivity index (χ1) is 3.31. The maximum absolute atomic E-state index is 9.76. The molecule has 0 amide bonds.